The maximum atomic E-state index is 17.7. The van der Waals surface area contributed by atoms with Gasteiger partial charge >= 0.3 is 7.32 Å². The van der Waals surface area contributed by atoms with Crippen molar-refractivity contribution in [2.24, 2.45) is 0 Å². The van der Waals surface area contributed by atoms with E-state index in [-0.39, 0.29) is 36.4 Å². The molecule has 0 aliphatic rings. The highest BCUT2D eigenvalue weighted by molar-refractivity contribution is 6.38. The number of hydrogen-bond donors (Lipinski definition) is 0. The van der Waals surface area contributed by atoms with Gasteiger partial charge in [-0.1, -0.05) is 18.2 Å². The number of rotatable bonds is 15. The van der Waals surface area contributed by atoms with Crippen molar-refractivity contribution in [1.82, 2.24) is 14.2 Å². The number of halogens is 45. The molecular weight excluding hydrogens is 1930 g/mol. The zero-order valence-electron chi connectivity index (χ0n) is 62.6. The number of benzene rings is 12. The number of aryl methyl sites for hydroxylation is 3. The van der Waals surface area contributed by atoms with E-state index >= 15 is 198 Å². The van der Waals surface area contributed by atoms with E-state index in [4.69, 9.17) is 14.3 Å². The summed E-state index contributed by atoms with van der Waals surface area (Å²) in [4.78, 5) is 0. The predicted octanol–water partition coefficient (Wildman–Crippen LogP) is 26.4. The Labute approximate surface area is 700 Å². The molecule has 0 amide bonds. The lowest BCUT2D eigenvalue weighted by atomic mass is 9.90. The minimum atomic E-state index is -5.35. The Morgan fingerprint density at radius 3 is 0.414 bits per heavy atom. The fraction of sp³-hybridized carbons (Fsp3) is 0.0370. The van der Waals surface area contributed by atoms with Gasteiger partial charge in [0.2, 0.25) is 52.4 Å². The molecule has 3 aromatic heterocycles. The van der Waals surface area contributed by atoms with Gasteiger partial charge in [0.1, 0.15) is 17.1 Å². The summed E-state index contributed by atoms with van der Waals surface area (Å²) in [6, 6.07) is -1.25. The summed E-state index contributed by atoms with van der Waals surface area (Å²) in [5, 5.41) is -7.69. The van der Waals surface area contributed by atoms with Gasteiger partial charge in [0, 0.05) is 32.8 Å². The van der Waals surface area contributed by atoms with Gasteiger partial charge in [0.05, 0.1) is 66.6 Å². The molecular formula is C81H15BF45N3O3. The molecule has 15 aromatic rings. The molecule has 52 heteroatoms. The number of hydrogen-bond acceptors (Lipinski definition) is 3. The Morgan fingerprint density at radius 1 is 0.150 bits per heavy atom. The third-order valence-corrected chi connectivity index (χ3v) is 20.2. The second-order valence-electron chi connectivity index (χ2n) is 27.8. The van der Waals surface area contributed by atoms with Crippen LogP contribution in [-0.2, 0) is 0 Å². The fourth-order valence-corrected chi connectivity index (χ4v) is 14.7. The van der Waals surface area contributed by atoms with Crippen molar-refractivity contribution in [3.05, 3.63) is 315 Å². The molecule has 6 nitrogen and oxygen atoms in total. The van der Waals surface area contributed by atoms with Crippen molar-refractivity contribution >= 4 is 40.0 Å². The lowest BCUT2D eigenvalue weighted by molar-refractivity contribution is 0.0827. The predicted molar refractivity (Wildman–Crippen MR) is 363 cm³/mol. The van der Waals surface area contributed by atoms with E-state index in [0.29, 0.717) is 20.8 Å². The van der Waals surface area contributed by atoms with Gasteiger partial charge < -0.3 is 14.3 Å². The molecule has 0 N–H and O–H groups in total. The van der Waals surface area contributed by atoms with E-state index in [9.17, 15) is 0 Å². The molecule has 0 atom stereocenters. The summed E-state index contributed by atoms with van der Waals surface area (Å²) < 4.78 is 755. The van der Waals surface area contributed by atoms with Gasteiger partial charge in [-0.3, -0.25) is 0 Å². The summed E-state index contributed by atoms with van der Waals surface area (Å²) in [5.41, 5.74) is -65.7. The smallest absolute Gasteiger partial charge is 0.395 e. The monoisotopic (exact) mass is 1940 g/mol. The fourth-order valence-electron chi connectivity index (χ4n) is 14.7. The quantitative estimate of drug-likeness (QED) is 0.0445. The third kappa shape index (κ3) is 13.2. The van der Waals surface area contributed by atoms with E-state index in [2.05, 4.69) is 0 Å². The molecule has 0 radical (unpaired) electrons. The Bertz CT molecular complexity index is 6870. The number of fused-ring (bicyclic) bond motifs is 3. The maximum Gasteiger partial charge on any atom is 0.926 e. The normalized spacial score (nSPS) is 11.9. The van der Waals surface area contributed by atoms with Crippen molar-refractivity contribution in [1.29, 1.82) is 0 Å². The van der Waals surface area contributed by atoms with Crippen LogP contribution in [0.1, 0.15) is 16.7 Å². The topological polar surface area (TPSA) is 42.5 Å². The molecule has 0 aliphatic carbocycles. The summed E-state index contributed by atoms with van der Waals surface area (Å²) >= 11 is 0. The van der Waals surface area contributed by atoms with Crippen LogP contribution in [0.15, 0.2) is 36.4 Å². The highest BCUT2D eigenvalue weighted by Gasteiger charge is 2.50. The zero-order chi connectivity index (χ0) is 98.2. The van der Waals surface area contributed by atoms with Crippen molar-refractivity contribution in [2.75, 3.05) is 0 Å². The average Bonchev–Trinajstić information content (AvgIpc) is 1.54. The molecule has 15 rings (SSSR count). The van der Waals surface area contributed by atoms with E-state index < -0.39 is 433 Å². The zero-order valence-corrected chi connectivity index (χ0v) is 62.6. The second-order valence-corrected chi connectivity index (χ2v) is 27.8. The Hall–Kier alpha value is -14.4. The van der Waals surface area contributed by atoms with Crippen LogP contribution in [0.4, 0.5) is 198 Å². The van der Waals surface area contributed by atoms with E-state index in [1.54, 1.807) is 0 Å². The molecule has 0 spiro atoms. The second kappa shape index (κ2) is 32.3. The Balaban J connectivity index is 1.29. The lowest BCUT2D eigenvalue weighted by Gasteiger charge is -2.24. The largest absolute Gasteiger partial charge is 0.926 e. The molecule has 12 aromatic carbocycles. The molecule has 0 saturated heterocycles. The molecule has 133 heavy (non-hydrogen) atoms. The SMILES string of the molecule is Cc1cc(-c2c(F)c(F)c(F)c(F)c2F)c2c(-c3c(F)c(F)c(F)c(F)c3F)c(-c3c(F)c(F)c(F)c(F)c3F)n(OB(On3c(-c4c(F)c(F)c(F)c(F)c4F)c(-c4c(F)c(F)c(F)c(F)c4F)c4c(-c5c(F)c(F)c(F)c(F)c5F)cc(C)cc43)On3c(-c4c(F)c(F)c(F)c(F)c4F)c(-c4c(F)c(F)c(F)c(F)c4F)c4c(-c5c(F)c(F)c(F)c(F)c5F)cc(C)cc43)c2c1. The molecule has 3 heterocycles. The van der Waals surface area contributed by atoms with Crippen molar-refractivity contribution in [2.45, 2.75) is 20.8 Å². The number of aromatic nitrogens is 3. The van der Waals surface area contributed by atoms with Crippen LogP contribution in [0.25, 0.3) is 133 Å². The summed E-state index contributed by atoms with van der Waals surface area (Å²) in [7, 11) is -5.35. The van der Waals surface area contributed by atoms with Gasteiger partial charge in [-0.05, 0) is 72.4 Å². The summed E-state index contributed by atoms with van der Waals surface area (Å²) in [6.45, 7) is 0.941. The summed E-state index contributed by atoms with van der Waals surface area (Å²) in [5.74, 6) is -160. The molecule has 0 bridgehead atoms. The Kier molecular flexibility index (Phi) is 22.6. The van der Waals surface area contributed by atoms with Gasteiger partial charge in [-0.25, -0.2) is 198 Å². The third-order valence-electron chi connectivity index (χ3n) is 20.2. The maximum absolute atomic E-state index is 17.7. The van der Waals surface area contributed by atoms with Gasteiger partial charge in [-0.15, -0.1) is 0 Å². The highest BCUT2D eigenvalue weighted by Crippen LogP contribution is 2.57. The molecule has 0 unspecified atom stereocenters. The van der Waals surface area contributed by atoms with Crippen LogP contribution in [0, 0.1) is 283 Å². The highest BCUT2D eigenvalue weighted by atomic mass is 19.2. The van der Waals surface area contributed by atoms with Crippen LogP contribution in [-0.4, -0.2) is 21.5 Å². The van der Waals surface area contributed by atoms with Crippen molar-refractivity contribution in [3.63, 3.8) is 0 Å². The van der Waals surface area contributed by atoms with Gasteiger partial charge in [-0.2, -0.15) is 14.2 Å². The van der Waals surface area contributed by atoms with Crippen LogP contribution < -0.4 is 14.3 Å². The van der Waals surface area contributed by atoms with E-state index in [0.717, 1.165) is 0 Å². The van der Waals surface area contributed by atoms with Gasteiger partial charge in [0.25, 0.3) is 0 Å². The van der Waals surface area contributed by atoms with E-state index in [1.165, 1.54) is 0 Å². The first kappa shape index (κ1) is 93.3. The molecule has 0 fully saturated rings. The van der Waals surface area contributed by atoms with Gasteiger partial charge in [0.15, 0.2) is 209 Å². The van der Waals surface area contributed by atoms with Crippen LogP contribution in [0.3, 0.4) is 0 Å². The van der Waals surface area contributed by atoms with Crippen molar-refractivity contribution in [3.8, 4) is 101 Å². The lowest BCUT2D eigenvalue weighted by Crippen LogP contribution is -2.49. The minimum Gasteiger partial charge on any atom is -0.395 e. The first-order valence-electron chi connectivity index (χ1n) is 34.8. The first-order valence-corrected chi connectivity index (χ1v) is 34.8. The molecule has 0 saturated carbocycles. The molecule has 0 aliphatic heterocycles. The standard InChI is InChI=1S/C81H15BF45N3O3/c1-10-4-13(22-34(83)52(101)70(119)53(102)35(22)84)19-16(7-10)128(79(31-46(95)64(113)76(125)65(114)47(31)96)25(19)28-40(89)58(107)73(122)59(108)41(28)90)131-82(132-129-17-8-11(2)5-14(23-36(85)54(103)71(120)55(104)37(23)86)20(17)26(29-42(91)60(109)74(123)61(110)43(29)92)80(129)32-48(97)66(115)77(126)67(116)49(32)98)133-130-18-9-12(3)6-15(24-38(87)56(105)72(121)57(106)39(24)88)21(18)27(30-44(93)62(111)75(124)63(112)45(30)94)81(130)33-50(99)68(117)78(127)69(118)51(33)100/h4-9H,1-3H3. The average molecular weight is 1940 g/mol. The summed E-state index contributed by atoms with van der Waals surface area (Å²) in [6.07, 6.45) is 0. The van der Waals surface area contributed by atoms with Crippen LogP contribution in [0.2, 0.25) is 0 Å². The molecule has 690 valence electrons. The van der Waals surface area contributed by atoms with Crippen molar-refractivity contribution < 1.29 is 212 Å². The number of nitrogens with zero attached hydrogens (tertiary/aromatic N) is 3. The minimum absolute atomic E-state index is 0.186. The van der Waals surface area contributed by atoms with Crippen LogP contribution in [0.5, 0.6) is 0 Å². The Morgan fingerprint density at radius 2 is 0.271 bits per heavy atom. The van der Waals surface area contributed by atoms with E-state index in [1.807, 2.05) is 0 Å². The van der Waals surface area contributed by atoms with Crippen LogP contribution >= 0.6 is 0 Å². The first-order chi connectivity index (χ1) is 62.1.